The summed E-state index contributed by atoms with van der Waals surface area (Å²) in [5.41, 5.74) is 3.29. The SMILES string of the molecule is COc1ccc(-c2cnc(NC(=O)Cc3ccc(Br)cc3)c(C)n2)cc1. The Morgan fingerprint density at radius 3 is 2.42 bits per heavy atom. The van der Waals surface area contributed by atoms with Crippen LogP contribution < -0.4 is 10.1 Å². The summed E-state index contributed by atoms with van der Waals surface area (Å²) in [6, 6.07) is 15.3. The van der Waals surface area contributed by atoms with Crippen LogP contribution in [0.4, 0.5) is 5.82 Å². The molecule has 0 atom stereocenters. The van der Waals surface area contributed by atoms with Gasteiger partial charge in [0, 0.05) is 10.0 Å². The molecule has 5 nitrogen and oxygen atoms in total. The van der Waals surface area contributed by atoms with E-state index in [2.05, 4.69) is 31.2 Å². The normalized spacial score (nSPS) is 10.4. The van der Waals surface area contributed by atoms with Gasteiger partial charge in [-0.05, 0) is 48.9 Å². The Hall–Kier alpha value is -2.73. The van der Waals surface area contributed by atoms with Gasteiger partial charge < -0.3 is 10.1 Å². The smallest absolute Gasteiger partial charge is 0.229 e. The highest BCUT2D eigenvalue weighted by molar-refractivity contribution is 9.10. The minimum absolute atomic E-state index is 0.123. The largest absolute Gasteiger partial charge is 0.497 e. The van der Waals surface area contributed by atoms with E-state index in [1.54, 1.807) is 13.3 Å². The van der Waals surface area contributed by atoms with Crippen LogP contribution in [0, 0.1) is 6.92 Å². The van der Waals surface area contributed by atoms with Gasteiger partial charge in [0.15, 0.2) is 5.82 Å². The lowest BCUT2D eigenvalue weighted by molar-refractivity contribution is -0.115. The highest BCUT2D eigenvalue weighted by Crippen LogP contribution is 2.22. The Bertz CT molecular complexity index is 909. The van der Waals surface area contributed by atoms with Crippen molar-refractivity contribution in [2.24, 2.45) is 0 Å². The molecule has 1 aromatic heterocycles. The number of carbonyl (C=O) groups is 1. The molecule has 6 heteroatoms. The molecule has 0 bridgehead atoms. The quantitative estimate of drug-likeness (QED) is 0.675. The molecule has 26 heavy (non-hydrogen) atoms. The van der Waals surface area contributed by atoms with Crippen LogP contribution in [0.2, 0.25) is 0 Å². The summed E-state index contributed by atoms with van der Waals surface area (Å²) in [6.45, 7) is 1.83. The van der Waals surface area contributed by atoms with Crippen molar-refractivity contribution in [3.63, 3.8) is 0 Å². The van der Waals surface area contributed by atoms with Crippen LogP contribution >= 0.6 is 15.9 Å². The molecule has 2 aromatic carbocycles. The Labute approximate surface area is 160 Å². The van der Waals surface area contributed by atoms with Gasteiger partial charge in [0.2, 0.25) is 5.91 Å². The zero-order valence-electron chi connectivity index (χ0n) is 14.5. The molecule has 0 fully saturated rings. The van der Waals surface area contributed by atoms with Crippen molar-refractivity contribution in [1.82, 2.24) is 9.97 Å². The number of aromatic nitrogens is 2. The summed E-state index contributed by atoms with van der Waals surface area (Å²) in [7, 11) is 1.63. The summed E-state index contributed by atoms with van der Waals surface area (Å²) < 4.78 is 6.14. The van der Waals surface area contributed by atoms with Crippen molar-refractivity contribution in [2.45, 2.75) is 13.3 Å². The zero-order chi connectivity index (χ0) is 18.5. The van der Waals surface area contributed by atoms with E-state index in [4.69, 9.17) is 4.74 Å². The number of hydrogen-bond acceptors (Lipinski definition) is 4. The number of methoxy groups -OCH3 is 1. The fourth-order valence-electron chi connectivity index (χ4n) is 2.47. The molecule has 1 N–H and O–H groups in total. The maximum absolute atomic E-state index is 12.2. The zero-order valence-corrected chi connectivity index (χ0v) is 16.1. The Morgan fingerprint density at radius 2 is 1.81 bits per heavy atom. The van der Waals surface area contributed by atoms with Crippen molar-refractivity contribution >= 4 is 27.7 Å². The van der Waals surface area contributed by atoms with Crippen LogP contribution in [0.25, 0.3) is 11.3 Å². The molecule has 3 aromatic rings. The van der Waals surface area contributed by atoms with E-state index in [0.717, 1.165) is 27.0 Å². The minimum atomic E-state index is -0.123. The van der Waals surface area contributed by atoms with Crippen molar-refractivity contribution in [3.8, 4) is 17.0 Å². The van der Waals surface area contributed by atoms with Gasteiger partial charge in [-0.15, -0.1) is 0 Å². The van der Waals surface area contributed by atoms with Gasteiger partial charge >= 0.3 is 0 Å². The first-order valence-electron chi connectivity index (χ1n) is 8.07. The molecule has 1 amide bonds. The van der Waals surface area contributed by atoms with Crippen molar-refractivity contribution < 1.29 is 9.53 Å². The first-order chi connectivity index (χ1) is 12.5. The fraction of sp³-hybridized carbons (Fsp3) is 0.150. The second-order valence-corrected chi connectivity index (χ2v) is 6.68. The van der Waals surface area contributed by atoms with E-state index >= 15 is 0 Å². The van der Waals surface area contributed by atoms with Crippen molar-refractivity contribution in [1.29, 1.82) is 0 Å². The molecule has 132 valence electrons. The summed E-state index contributed by atoms with van der Waals surface area (Å²) in [6.07, 6.45) is 1.94. The Morgan fingerprint density at radius 1 is 1.12 bits per heavy atom. The van der Waals surface area contributed by atoms with Crippen LogP contribution in [0.15, 0.2) is 59.2 Å². The number of benzene rings is 2. The van der Waals surface area contributed by atoms with Crippen LogP contribution in [0.1, 0.15) is 11.3 Å². The van der Waals surface area contributed by atoms with Gasteiger partial charge in [0.1, 0.15) is 5.75 Å². The van der Waals surface area contributed by atoms with Gasteiger partial charge in [-0.2, -0.15) is 0 Å². The van der Waals surface area contributed by atoms with E-state index in [1.807, 2.05) is 55.5 Å². The third-order valence-electron chi connectivity index (χ3n) is 3.87. The predicted octanol–water partition coefficient (Wildman–Crippen LogP) is 4.40. The van der Waals surface area contributed by atoms with Gasteiger partial charge in [-0.1, -0.05) is 28.1 Å². The number of anilines is 1. The second kappa shape index (κ2) is 8.10. The van der Waals surface area contributed by atoms with Gasteiger partial charge in [0.25, 0.3) is 0 Å². The third kappa shape index (κ3) is 4.46. The number of ether oxygens (including phenoxy) is 1. The molecule has 0 radical (unpaired) electrons. The average Bonchev–Trinajstić information content (AvgIpc) is 2.65. The molecule has 0 aliphatic carbocycles. The number of rotatable bonds is 5. The molecular weight excluding hydrogens is 394 g/mol. The number of nitrogens with zero attached hydrogens (tertiary/aromatic N) is 2. The van der Waals surface area contributed by atoms with Crippen molar-refractivity contribution in [2.75, 3.05) is 12.4 Å². The first kappa shape index (κ1) is 18.1. The molecule has 1 heterocycles. The maximum atomic E-state index is 12.2. The minimum Gasteiger partial charge on any atom is -0.497 e. The number of amides is 1. The topological polar surface area (TPSA) is 64.1 Å². The molecule has 0 saturated heterocycles. The van der Waals surface area contributed by atoms with E-state index in [1.165, 1.54) is 0 Å². The van der Waals surface area contributed by atoms with Crippen molar-refractivity contribution in [3.05, 3.63) is 70.5 Å². The van der Waals surface area contributed by atoms with E-state index in [0.29, 0.717) is 11.5 Å². The standard InChI is InChI=1S/C20H18BrN3O2/c1-13-20(24-19(25)11-14-3-7-16(21)8-4-14)22-12-18(23-13)15-5-9-17(26-2)10-6-15/h3-10,12H,11H2,1-2H3,(H,22,24,25). The molecular formula is C20H18BrN3O2. The van der Waals surface area contributed by atoms with E-state index < -0.39 is 0 Å². The van der Waals surface area contributed by atoms with Crippen LogP contribution in [0.5, 0.6) is 5.75 Å². The molecule has 0 unspecified atom stereocenters. The highest BCUT2D eigenvalue weighted by atomic mass is 79.9. The molecule has 0 saturated carbocycles. The van der Waals surface area contributed by atoms with Gasteiger partial charge in [-0.3, -0.25) is 4.79 Å². The van der Waals surface area contributed by atoms with Gasteiger partial charge in [-0.25, -0.2) is 9.97 Å². The van der Waals surface area contributed by atoms with E-state index in [9.17, 15) is 4.79 Å². The fourth-order valence-corrected chi connectivity index (χ4v) is 2.73. The Kier molecular flexibility index (Phi) is 5.63. The lowest BCUT2D eigenvalue weighted by atomic mass is 10.1. The van der Waals surface area contributed by atoms with Crippen LogP contribution in [-0.4, -0.2) is 23.0 Å². The first-order valence-corrected chi connectivity index (χ1v) is 8.87. The summed E-state index contributed by atoms with van der Waals surface area (Å²) in [5, 5.41) is 2.83. The monoisotopic (exact) mass is 411 g/mol. The third-order valence-corrected chi connectivity index (χ3v) is 4.40. The summed E-state index contributed by atoms with van der Waals surface area (Å²) in [4.78, 5) is 21.1. The average molecular weight is 412 g/mol. The van der Waals surface area contributed by atoms with E-state index in [-0.39, 0.29) is 12.3 Å². The van der Waals surface area contributed by atoms with Gasteiger partial charge in [0.05, 0.1) is 31.1 Å². The van der Waals surface area contributed by atoms with Crippen LogP contribution in [0.3, 0.4) is 0 Å². The van der Waals surface area contributed by atoms with Crippen LogP contribution in [-0.2, 0) is 11.2 Å². The lowest BCUT2D eigenvalue weighted by Crippen LogP contribution is -2.16. The lowest BCUT2D eigenvalue weighted by Gasteiger charge is -2.09. The molecule has 3 rings (SSSR count). The number of nitrogens with one attached hydrogen (secondary N) is 1. The molecule has 0 aliphatic heterocycles. The summed E-state index contributed by atoms with van der Waals surface area (Å²) in [5.74, 6) is 1.14. The number of halogens is 1. The number of hydrogen-bond donors (Lipinski definition) is 1. The summed E-state index contributed by atoms with van der Waals surface area (Å²) >= 11 is 3.38. The highest BCUT2D eigenvalue weighted by Gasteiger charge is 2.10. The number of aryl methyl sites for hydroxylation is 1. The number of carbonyl (C=O) groups excluding carboxylic acids is 1. The Balaban J connectivity index is 1.70. The maximum Gasteiger partial charge on any atom is 0.229 e. The molecule has 0 aliphatic rings. The predicted molar refractivity (Wildman–Crippen MR) is 105 cm³/mol. The molecule has 0 spiro atoms. The second-order valence-electron chi connectivity index (χ2n) is 5.77.